The van der Waals surface area contributed by atoms with Crippen molar-refractivity contribution in [3.8, 4) is 22.6 Å². The number of aromatic nitrogens is 2. The number of fused-ring (bicyclic) bond motifs is 3. The van der Waals surface area contributed by atoms with Crippen molar-refractivity contribution in [2.75, 3.05) is 0 Å². The van der Waals surface area contributed by atoms with E-state index in [4.69, 9.17) is 4.98 Å². The van der Waals surface area contributed by atoms with Crippen LogP contribution in [0.2, 0.25) is 0 Å². The van der Waals surface area contributed by atoms with Gasteiger partial charge in [0.1, 0.15) is 0 Å². The fourth-order valence-corrected chi connectivity index (χ4v) is 5.04. The topological polar surface area (TPSA) is 16.8 Å². The van der Waals surface area contributed by atoms with Crippen molar-refractivity contribution < 1.29 is 4.57 Å². The Hall–Kier alpha value is -2.48. The molecule has 0 N–H and O–H groups in total. The summed E-state index contributed by atoms with van der Waals surface area (Å²) >= 11 is 0. The Balaban J connectivity index is 1.66. The Morgan fingerprint density at radius 3 is 2.63 bits per heavy atom. The van der Waals surface area contributed by atoms with E-state index in [9.17, 15) is 0 Å². The Kier molecular flexibility index (Phi) is 3.89. The van der Waals surface area contributed by atoms with Gasteiger partial charge < -0.3 is 0 Å². The van der Waals surface area contributed by atoms with E-state index in [1.54, 1.807) is 5.56 Å². The van der Waals surface area contributed by atoms with Gasteiger partial charge in [-0.1, -0.05) is 48.7 Å². The van der Waals surface area contributed by atoms with Gasteiger partial charge in [0, 0.05) is 17.5 Å². The lowest BCUT2D eigenvalue weighted by Crippen LogP contribution is -2.33. The van der Waals surface area contributed by atoms with Gasteiger partial charge in [0.05, 0.1) is 18.8 Å². The van der Waals surface area contributed by atoms with Crippen LogP contribution in [-0.2, 0) is 13.5 Å². The average molecular weight is 356 g/mol. The molecule has 0 amide bonds. The molecule has 27 heavy (non-hydrogen) atoms. The molecule has 1 saturated carbocycles. The highest BCUT2D eigenvalue weighted by Gasteiger charge is 2.32. The van der Waals surface area contributed by atoms with E-state index >= 15 is 0 Å². The summed E-state index contributed by atoms with van der Waals surface area (Å²) in [6.07, 6.45) is 8.79. The predicted octanol–water partition coefficient (Wildman–Crippen LogP) is 5.42. The van der Waals surface area contributed by atoms with Crippen LogP contribution in [0.15, 0.2) is 42.6 Å². The Bertz CT molecular complexity index is 1040. The monoisotopic (exact) mass is 355 g/mol. The average Bonchev–Trinajstić information content (AvgIpc) is 3.30. The Morgan fingerprint density at radius 1 is 1.00 bits per heavy atom. The molecule has 0 bridgehead atoms. The van der Waals surface area contributed by atoms with Gasteiger partial charge in [0.2, 0.25) is 0 Å². The maximum Gasteiger partial charge on any atom is 0.331 e. The van der Waals surface area contributed by atoms with Crippen LogP contribution in [-0.4, -0.2) is 4.98 Å². The van der Waals surface area contributed by atoms with Gasteiger partial charge >= 0.3 is 5.82 Å². The molecular formula is C25H27N2+. The molecule has 2 aromatic carbocycles. The van der Waals surface area contributed by atoms with Gasteiger partial charge in [0.25, 0.3) is 0 Å². The lowest BCUT2D eigenvalue weighted by Gasteiger charge is -2.14. The fraction of sp³-hybridized carbons (Fsp3) is 0.360. The third-order valence-corrected chi connectivity index (χ3v) is 6.47. The summed E-state index contributed by atoms with van der Waals surface area (Å²) in [5, 5.41) is 0. The summed E-state index contributed by atoms with van der Waals surface area (Å²) in [6, 6.07) is 13.5. The van der Waals surface area contributed by atoms with Crippen LogP contribution >= 0.6 is 0 Å². The van der Waals surface area contributed by atoms with Gasteiger partial charge in [-0.3, -0.25) is 0 Å². The molecule has 2 nitrogen and oxygen atoms in total. The minimum Gasteiger partial charge on any atom is -0.233 e. The van der Waals surface area contributed by atoms with Gasteiger partial charge in [-0.25, -0.2) is 4.57 Å². The molecule has 2 aliphatic carbocycles. The van der Waals surface area contributed by atoms with Crippen molar-refractivity contribution in [2.24, 2.45) is 7.05 Å². The largest absolute Gasteiger partial charge is 0.331 e. The molecule has 2 aliphatic rings. The van der Waals surface area contributed by atoms with Crippen LogP contribution in [0.3, 0.4) is 0 Å². The number of nitrogens with zero attached hydrogens (tertiary/aromatic N) is 2. The van der Waals surface area contributed by atoms with E-state index in [2.05, 4.69) is 68.1 Å². The van der Waals surface area contributed by atoms with Crippen LogP contribution in [0.5, 0.6) is 0 Å². The molecule has 1 aromatic heterocycles. The Morgan fingerprint density at radius 2 is 1.81 bits per heavy atom. The number of aryl methyl sites for hydroxylation is 3. The standard InChI is InChI=1S/C25H27N2/c1-16-11-12-17(2)22(13-16)25-26-24-19(15-27(25)3)14-23-20(9-6-10-21(23)24)18-7-4-5-8-18/h6,9-13,15,18H,4-5,7-8,14H2,1-3H3/q+1. The third-order valence-electron chi connectivity index (χ3n) is 6.47. The second-order valence-corrected chi connectivity index (χ2v) is 8.40. The van der Waals surface area contributed by atoms with Gasteiger partial charge in [-0.15, -0.1) is 0 Å². The van der Waals surface area contributed by atoms with Crippen molar-refractivity contribution in [1.82, 2.24) is 4.98 Å². The molecule has 1 heterocycles. The Labute approximate surface area is 161 Å². The lowest BCUT2D eigenvalue weighted by molar-refractivity contribution is -0.663. The van der Waals surface area contributed by atoms with Crippen molar-refractivity contribution in [3.05, 3.63) is 70.4 Å². The predicted molar refractivity (Wildman–Crippen MR) is 110 cm³/mol. The van der Waals surface area contributed by atoms with Crippen molar-refractivity contribution >= 4 is 0 Å². The molecule has 0 spiro atoms. The number of benzene rings is 2. The molecule has 1 fully saturated rings. The molecule has 5 rings (SSSR count). The zero-order valence-electron chi connectivity index (χ0n) is 16.5. The second kappa shape index (κ2) is 6.30. The smallest absolute Gasteiger partial charge is 0.233 e. The maximum absolute atomic E-state index is 5.20. The zero-order valence-corrected chi connectivity index (χ0v) is 16.5. The first kappa shape index (κ1) is 16.7. The zero-order chi connectivity index (χ0) is 18.5. The van der Waals surface area contributed by atoms with E-state index in [1.807, 2.05) is 0 Å². The molecule has 2 heteroatoms. The summed E-state index contributed by atoms with van der Waals surface area (Å²) < 4.78 is 2.21. The van der Waals surface area contributed by atoms with Crippen LogP contribution in [0.1, 0.15) is 59.4 Å². The highest BCUT2D eigenvalue weighted by molar-refractivity contribution is 5.76. The van der Waals surface area contributed by atoms with Crippen molar-refractivity contribution in [1.29, 1.82) is 0 Å². The molecular weight excluding hydrogens is 328 g/mol. The molecule has 0 radical (unpaired) electrons. The summed E-state index contributed by atoms with van der Waals surface area (Å²) in [5.74, 6) is 1.82. The van der Waals surface area contributed by atoms with E-state index in [0.29, 0.717) is 0 Å². The first-order valence-corrected chi connectivity index (χ1v) is 10.2. The SMILES string of the molecule is Cc1ccc(C)c(-c2nc3c(c[n+]2C)Cc2c-3cccc2C2CCCC2)c1. The number of hydrogen-bond acceptors (Lipinski definition) is 1. The lowest BCUT2D eigenvalue weighted by atomic mass is 9.90. The minimum absolute atomic E-state index is 0.751. The quantitative estimate of drug-likeness (QED) is 0.439. The first-order valence-electron chi connectivity index (χ1n) is 10.2. The van der Waals surface area contributed by atoms with Gasteiger partial charge in [-0.05, 0) is 60.3 Å². The highest BCUT2D eigenvalue weighted by Crippen LogP contribution is 2.43. The second-order valence-electron chi connectivity index (χ2n) is 8.40. The molecule has 3 aromatic rings. The van der Waals surface area contributed by atoms with E-state index in [0.717, 1.165) is 18.2 Å². The van der Waals surface area contributed by atoms with Crippen molar-refractivity contribution in [3.63, 3.8) is 0 Å². The summed E-state index contributed by atoms with van der Waals surface area (Å²) in [7, 11) is 2.13. The van der Waals surface area contributed by atoms with E-state index in [1.165, 1.54) is 64.8 Å². The highest BCUT2D eigenvalue weighted by atomic mass is 15.0. The molecule has 0 aliphatic heterocycles. The normalized spacial score (nSPS) is 15.8. The van der Waals surface area contributed by atoms with Crippen LogP contribution < -0.4 is 4.57 Å². The third kappa shape index (κ3) is 2.70. The van der Waals surface area contributed by atoms with E-state index in [-0.39, 0.29) is 0 Å². The first-order chi connectivity index (χ1) is 13.1. The summed E-state index contributed by atoms with van der Waals surface area (Å²) in [5.41, 5.74) is 10.8. The van der Waals surface area contributed by atoms with Crippen molar-refractivity contribution in [2.45, 2.75) is 51.9 Å². The van der Waals surface area contributed by atoms with Crippen LogP contribution in [0.4, 0.5) is 0 Å². The minimum atomic E-state index is 0.751. The van der Waals surface area contributed by atoms with Crippen LogP contribution in [0, 0.1) is 13.8 Å². The fourth-order valence-electron chi connectivity index (χ4n) is 5.04. The molecule has 0 atom stereocenters. The van der Waals surface area contributed by atoms with Crippen LogP contribution in [0.25, 0.3) is 22.6 Å². The van der Waals surface area contributed by atoms with Gasteiger partial charge in [0.15, 0.2) is 5.69 Å². The van der Waals surface area contributed by atoms with E-state index < -0.39 is 0 Å². The molecule has 0 saturated heterocycles. The van der Waals surface area contributed by atoms with Gasteiger partial charge in [-0.2, -0.15) is 0 Å². The summed E-state index contributed by atoms with van der Waals surface area (Å²) in [6.45, 7) is 4.33. The maximum atomic E-state index is 5.20. The molecule has 0 unspecified atom stereocenters. The molecule has 136 valence electrons. The number of rotatable bonds is 2. The number of hydrogen-bond donors (Lipinski definition) is 0. The summed E-state index contributed by atoms with van der Waals surface area (Å²) in [4.78, 5) is 5.20.